The number of benzene rings is 1. The first-order chi connectivity index (χ1) is 9.18. The van der Waals surface area contributed by atoms with E-state index >= 15 is 0 Å². The second-order valence-electron chi connectivity index (χ2n) is 5.54. The van der Waals surface area contributed by atoms with Gasteiger partial charge in [-0.1, -0.05) is 30.7 Å². The molecule has 3 rings (SSSR count). The largest absolute Gasteiger partial charge is 0.320 e. The quantitative estimate of drug-likeness (QED) is 0.916. The first kappa shape index (κ1) is 12.4. The van der Waals surface area contributed by atoms with E-state index in [1.807, 2.05) is 17.9 Å². The summed E-state index contributed by atoms with van der Waals surface area (Å²) in [6.45, 7) is 2.08. The number of nitrogens with two attached hydrogens (primary N) is 1. The van der Waals surface area contributed by atoms with E-state index in [1.54, 1.807) is 0 Å². The summed E-state index contributed by atoms with van der Waals surface area (Å²) < 4.78 is 1.89. The number of rotatable bonds is 3. The lowest BCUT2D eigenvalue weighted by Crippen LogP contribution is -2.18. The molecule has 1 atom stereocenters. The Bertz CT molecular complexity index is 581. The highest BCUT2D eigenvalue weighted by atomic mass is 15.3. The molecule has 3 heteroatoms. The number of nitrogens with zero attached hydrogens (tertiary/aromatic N) is 2. The fourth-order valence-corrected chi connectivity index (χ4v) is 2.87. The zero-order valence-electron chi connectivity index (χ0n) is 11.6. The standard InChI is InChI=1S/C16H21N3/c1-11-15(10-18-19(11)2)16(17)14-9-4-3-8-13(14)12-6-5-7-12/h3-4,8-10,12,16H,5-7,17H2,1-2H3. The van der Waals surface area contributed by atoms with Gasteiger partial charge in [0.25, 0.3) is 0 Å². The van der Waals surface area contributed by atoms with Crippen LogP contribution in [0.4, 0.5) is 0 Å². The Labute approximate surface area is 114 Å². The number of aromatic nitrogens is 2. The predicted octanol–water partition coefficient (Wildman–Crippen LogP) is 3.04. The predicted molar refractivity (Wildman–Crippen MR) is 77.0 cm³/mol. The van der Waals surface area contributed by atoms with Crippen molar-refractivity contribution >= 4 is 0 Å². The van der Waals surface area contributed by atoms with Gasteiger partial charge in [-0.2, -0.15) is 5.10 Å². The normalized spacial score (nSPS) is 17.2. The van der Waals surface area contributed by atoms with Crippen LogP contribution in [0.15, 0.2) is 30.5 Å². The third-order valence-corrected chi connectivity index (χ3v) is 4.48. The van der Waals surface area contributed by atoms with Gasteiger partial charge < -0.3 is 5.73 Å². The minimum Gasteiger partial charge on any atom is -0.320 e. The summed E-state index contributed by atoms with van der Waals surface area (Å²) >= 11 is 0. The first-order valence-electron chi connectivity index (χ1n) is 7.01. The van der Waals surface area contributed by atoms with Crippen LogP contribution in [-0.2, 0) is 7.05 Å². The molecule has 0 saturated heterocycles. The molecule has 2 aromatic rings. The van der Waals surface area contributed by atoms with Gasteiger partial charge in [0, 0.05) is 18.3 Å². The Morgan fingerprint density at radius 1 is 1.26 bits per heavy atom. The highest BCUT2D eigenvalue weighted by Crippen LogP contribution is 2.40. The molecule has 1 aromatic carbocycles. The van der Waals surface area contributed by atoms with Crippen molar-refractivity contribution in [3.8, 4) is 0 Å². The topological polar surface area (TPSA) is 43.8 Å². The van der Waals surface area contributed by atoms with Crippen molar-refractivity contribution in [2.45, 2.75) is 38.1 Å². The fourth-order valence-electron chi connectivity index (χ4n) is 2.87. The Morgan fingerprint density at radius 3 is 2.58 bits per heavy atom. The number of hydrogen-bond donors (Lipinski definition) is 1. The summed E-state index contributed by atoms with van der Waals surface area (Å²) in [5.41, 5.74) is 11.5. The van der Waals surface area contributed by atoms with Crippen molar-refractivity contribution < 1.29 is 0 Å². The first-order valence-corrected chi connectivity index (χ1v) is 7.01. The Balaban J connectivity index is 1.99. The maximum atomic E-state index is 6.49. The fraction of sp³-hybridized carbons (Fsp3) is 0.438. The van der Waals surface area contributed by atoms with E-state index < -0.39 is 0 Å². The van der Waals surface area contributed by atoms with Crippen LogP contribution in [0.2, 0.25) is 0 Å². The Morgan fingerprint density at radius 2 is 2.00 bits per heavy atom. The molecule has 1 unspecified atom stereocenters. The highest BCUT2D eigenvalue weighted by molar-refractivity contribution is 5.40. The van der Waals surface area contributed by atoms with Crippen molar-refractivity contribution in [3.05, 3.63) is 52.8 Å². The molecule has 1 aliphatic carbocycles. The third kappa shape index (κ3) is 2.08. The van der Waals surface area contributed by atoms with Crippen LogP contribution in [0.3, 0.4) is 0 Å². The monoisotopic (exact) mass is 255 g/mol. The lowest BCUT2D eigenvalue weighted by atomic mass is 9.76. The lowest BCUT2D eigenvalue weighted by Gasteiger charge is -2.29. The van der Waals surface area contributed by atoms with Gasteiger partial charge in [-0.3, -0.25) is 4.68 Å². The van der Waals surface area contributed by atoms with Crippen molar-refractivity contribution in [2.75, 3.05) is 0 Å². The summed E-state index contributed by atoms with van der Waals surface area (Å²) in [5, 5.41) is 4.31. The third-order valence-electron chi connectivity index (χ3n) is 4.48. The minimum absolute atomic E-state index is 0.0644. The molecule has 1 aromatic heterocycles. The molecule has 0 amide bonds. The smallest absolute Gasteiger partial charge is 0.0588 e. The van der Waals surface area contributed by atoms with Crippen molar-refractivity contribution in [1.29, 1.82) is 0 Å². The van der Waals surface area contributed by atoms with Gasteiger partial charge in [0.1, 0.15) is 0 Å². The summed E-state index contributed by atoms with van der Waals surface area (Å²) in [4.78, 5) is 0. The van der Waals surface area contributed by atoms with Crippen LogP contribution in [-0.4, -0.2) is 9.78 Å². The van der Waals surface area contributed by atoms with E-state index in [0.29, 0.717) is 5.92 Å². The van der Waals surface area contributed by atoms with Crippen molar-refractivity contribution in [3.63, 3.8) is 0 Å². The molecule has 19 heavy (non-hydrogen) atoms. The molecule has 1 saturated carbocycles. The molecule has 1 fully saturated rings. The zero-order chi connectivity index (χ0) is 13.4. The van der Waals surface area contributed by atoms with E-state index in [9.17, 15) is 0 Å². The van der Waals surface area contributed by atoms with Gasteiger partial charge in [-0.25, -0.2) is 0 Å². The molecule has 100 valence electrons. The Kier molecular flexibility index (Phi) is 3.15. The van der Waals surface area contributed by atoms with E-state index in [0.717, 1.165) is 11.3 Å². The molecular formula is C16H21N3. The molecule has 0 radical (unpaired) electrons. The highest BCUT2D eigenvalue weighted by Gasteiger charge is 2.25. The molecule has 0 spiro atoms. The summed E-state index contributed by atoms with van der Waals surface area (Å²) in [5.74, 6) is 0.708. The van der Waals surface area contributed by atoms with E-state index in [4.69, 9.17) is 5.73 Å². The van der Waals surface area contributed by atoms with Crippen LogP contribution in [0.25, 0.3) is 0 Å². The van der Waals surface area contributed by atoms with Crippen molar-refractivity contribution in [2.24, 2.45) is 12.8 Å². The zero-order valence-corrected chi connectivity index (χ0v) is 11.6. The SMILES string of the molecule is Cc1c(C(N)c2ccccc2C2CCC2)cnn1C. The van der Waals surface area contributed by atoms with Crippen molar-refractivity contribution in [1.82, 2.24) is 9.78 Å². The molecule has 0 aliphatic heterocycles. The van der Waals surface area contributed by atoms with E-state index in [-0.39, 0.29) is 6.04 Å². The van der Waals surface area contributed by atoms with Gasteiger partial charge in [-0.15, -0.1) is 0 Å². The maximum absolute atomic E-state index is 6.49. The minimum atomic E-state index is -0.0644. The van der Waals surface area contributed by atoms with Gasteiger partial charge in [-0.05, 0) is 36.8 Å². The summed E-state index contributed by atoms with van der Waals surface area (Å²) in [6, 6.07) is 8.56. The Hall–Kier alpha value is -1.61. The second kappa shape index (κ2) is 4.82. The second-order valence-corrected chi connectivity index (χ2v) is 5.54. The molecule has 3 nitrogen and oxygen atoms in total. The molecule has 1 heterocycles. The van der Waals surface area contributed by atoms with E-state index in [2.05, 4.69) is 36.3 Å². The molecule has 1 aliphatic rings. The average molecular weight is 255 g/mol. The van der Waals surface area contributed by atoms with Gasteiger partial charge in [0.15, 0.2) is 0 Å². The van der Waals surface area contributed by atoms with Gasteiger partial charge in [0.2, 0.25) is 0 Å². The number of aryl methyl sites for hydroxylation is 1. The van der Waals surface area contributed by atoms with Crippen LogP contribution in [0, 0.1) is 6.92 Å². The summed E-state index contributed by atoms with van der Waals surface area (Å²) in [7, 11) is 1.96. The average Bonchev–Trinajstić information content (AvgIpc) is 2.68. The van der Waals surface area contributed by atoms with Crippen LogP contribution >= 0.6 is 0 Å². The lowest BCUT2D eigenvalue weighted by molar-refractivity contribution is 0.416. The van der Waals surface area contributed by atoms with Crippen LogP contribution in [0.1, 0.15) is 53.6 Å². The van der Waals surface area contributed by atoms with Gasteiger partial charge in [0.05, 0.1) is 12.2 Å². The summed E-state index contributed by atoms with van der Waals surface area (Å²) in [6.07, 6.45) is 5.85. The molecule has 2 N–H and O–H groups in total. The van der Waals surface area contributed by atoms with E-state index in [1.165, 1.54) is 30.4 Å². The van der Waals surface area contributed by atoms with Gasteiger partial charge >= 0.3 is 0 Å². The molecular weight excluding hydrogens is 234 g/mol. The maximum Gasteiger partial charge on any atom is 0.0588 e. The van der Waals surface area contributed by atoms with Crippen LogP contribution < -0.4 is 5.73 Å². The molecule has 0 bridgehead atoms. The number of hydrogen-bond acceptors (Lipinski definition) is 2. The van der Waals surface area contributed by atoms with Crippen LogP contribution in [0.5, 0.6) is 0 Å².